The van der Waals surface area contributed by atoms with Crippen LogP contribution in [0.4, 0.5) is 0 Å². The number of rotatable bonds is 14. The molecule has 228 valence electrons. The highest BCUT2D eigenvalue weighted by molar-refractivity contribution is 5.85. The first-order valence-electron chi connectivity index (χ1n) is 15.5. The predicted octanol–water partition coefficient (Wildman–Crippen LogP) is 6.46. The fourth-order valence-corrected chi connectivity index (χ4v) is 6.16. The van der Waals surface area contributed by atoms with E-state index in [2.05, 4.69) is 13.0 Å². The first-order chi connectivity index (χ1) is 20.5. The van der Waals surface area contributed by atoms with Gasteiger partial charge in [0.2, 0.25) is 0 Å². The molecule has 2 aliphatic carbocycles. The molecule has 0 aromatic heterocycles. The Hall–Kier alpha value is -3.23. The molecule has 2 saturated carbocycles. The Morgan fingerprint density at radius 1 is 0.833 bits per heavy atom. The molecule has 0 radical (unpaired) electrons. The molecule has 2 aromatic rings. The molecule has 2 aromatic carbocycles. The summed E-state index contributed by atoms with van der Waals surface area (Å²) in [5.74, 6) is 1.73. The lowest BCUT2D eigenvalue weighted by molar-refractivity contribution is -0.145. The minimum Gasteiger partial charge on any atom is -0.491 e. The number of nitrogens with one attached hydrogen (secondary N) is 1. The normalized spacial score (nSPS) is 22.2. The monoisotopic (exact) mass is 579 g/mol. The molecule has 8 heteroatoms. The number of hydrogen-bond acceptors (Lipinski definition) is 8. The summed E-state index contributed by atoms with van der Waals surface area (Å²) in [6.45, 7) is 3.25. The molecule has 0 saturated heterocycles. The molecular weight excluding hydrogens is 534 g/mol. The van der Waals surface area contributed by atoms with Gasteiger partial charge in [0.25, 0.3) is 0 Å². The van der Waals surface area contributed by atoms with Crippen LogP contribution in [0.1, 0.15) is 88.2 Å². The fraction of sp³-hybridized carbons (Fsp3) is 0.559. The predicted molar refractivity (Wildman–Crippen MR) is 160 cm³/mol. The van der Waals surface area contributed by atoms with Crippen molar-refractivity contribution in [2.24, 2.45) is 17.8 Å². The highest BCUT2D eigenvalue weighted by Crippen LogP contribution is 2.39. The molecule has 0 aliphatic heterocycles. The Bertz CT molecular complexity index is 1150. The topological polar surface area (TPSA) is 115 Å². The van der Waals surface area contributed by atoms with Gasteiger partial charge in [-0.1, -0.05) is 25.8 Å². The molecule has 2 aliphatic rings. The van der Waals surface area contributed by atoms with Crippen LogP contribution in [0.5, 0.6) is 17.2 Å². The summed E-state index contributed by atoms with van der Waals surface area (Å²) in [5.41, 5.74) is 1.87. The standard InChI is InChI=1S/C34H45NO7/c1-2-3-24-4-6-25(7-5-24)28-12-17-32(29(22-28)23-35)42-34(38)27-10-8-26(9-11-27)33(37)41-31-15-13-30(14-16-31)40-21-20-39-19-18-36/h12-17,22-27,35-36H,2-11,18-21H2,1H3. The van der Waals surface area contributed by atoms with Crippen molar-refractivity contribution in [2.45, 2.75) is 77.0 Å². The molecule has 4 rings (SSSR count). The van der Waals surface area contributed by atoms with Crippen molar-refractivity contribution >= 4 is 18.2 Å². The highest BCUT2D eigenvalue weighted by atomic mass is 16.5. The van der Waals surface area contributed by atoms with E-state index in [0.717, 1.165) is 5.92 Å². The van der Waals surface area contributed by atoms with E-state index in [0.29, 0.717) is 67.6 Å². The second kappa shape index (κ2) is 16.4. The van der Waals surface area contributed by atoms with E-state index in [1.807, 2.05) is 12.1 Å². The number of hydrogen-bond donors (Lipinski definition) is 2. The van der Waals surface area contributed by atoms with Crippen LogP contribution in [0.25, 0.3) is 0 Å². The van der Waals surface area contributed by atoms with Gasteiger partial charge in [-0.15, -0.1) is 0 Å². The summed E-state index contributed by atoms with van der Waals surface area (Å²) >= 11 is 0. The Labute approximate surface area is 249 Å². The second-order valence-corrected chi connectivity index (χ2v) is 11.5. The van der Waals surface area contributed by atoms with Crippen molar-refractivity contribution in [2.75, 3.05) is 26.4 Å². The maximum absolute atomic E-state index is 13.0. The van der Waals surface area contributed by atoms with E-state index in [-0.39, 0.29) is 37.0 Å². The lowest BCUT2D eigenvalue weighted by Gasteiger charge is -2.29. The largest absolute Gasteiger partial charge is 0.491 e. The third kappa shape index (κ3) is 9.13. The lowest BCUT2D eigenvalue weighted by Crippen LogP contribution is -2.30. The molecule has 8 nitrogen and oxygen atoms in total. The van der Waals surface area contributed by atoms with E-state index in [9.17, 15) is 9.59 Å². The third-order valence-electron chi connectivity index (χ3n) is 8.58. The van der Waals surface area contributed by atoms with Gasteiger partial charge in [0, 0.05) is 11.8 Å². The molecule has 0 unspecified atom stereocenters. The van der Waals surface area contributed by atoms with Gasteiger partial charge in [0.1, 0.15) is 23.9 Å². The molecule has 2 N–H and O–H groups in total. The Kier molecular flexibility index (Phi) is 12.4. The van der Waals surface area contributed by atoms with Gasteiger partial charge in [0.15, 0.2) is 0 Å². The molecule has 0 bridgehead atoms. The molecule has 0 amide bonds. The van der Waals surface area contributed by atoms with E-state index in [4.69, 9.17) is 29.5 Å². The number of benzene rings is 2. The van der Waals surface area contributed by atoms with Gasteiger partial charge in [-0.2, -0.15) is 0 Å². The van der Waals surface area contributed by atoms with Gasteiger partial charge >= 0.3 is 11.9 Å². The maximum atomic E-state index is 13.0. The summed E-state index contributed by atoms with van der Waals surface area (Å²) in [4.78, 5) is 25.8. The van der Waals surface area contributed by atoms with Crippen LogP contribution in [0.15, 0.2) is 42.5 Å². The molecule has 0 atom stereocenters. The SMILES string of the molecule is CCCC1CCC(c2ccc(OC(=O)C3CCC(C(=O)Oc4ccc(OCCOCCO)cc4)CC3)c(C=N)c2)CC1. The Balaban J connectivity index is 1.21. The molecule has 0 spiro atoms. The zero-order valence-electron chi connectivity index (χ0n) is 24.7. The summed E-state index contributed by atoms with van der Waals surface area (Å²) in [6, 6.07) is 12.8. The van der Waals surface area contributed by atoms with Crippen LogP contribution in [-0.2, 0) is 14.3 Å². The Morgan fingerprint density at radius 2 is 1.48 bits per heavy atom. The van der Waals surface area contributed by atoms with Crippen LogP contribution in [-0.4, -0.2) is 49.7 Å². The maximum Gasteiger partial charge on any atom is 0.314 e. The number of carbonyl (C=O) groups is 2. The van der Waals surface area contributed by atoms with Crippen molar-refractivity contribution in [3.63, 3.8) is 0 Å². The first-order valence-corrected chi connectivity index (χ1v) is 15.5. The van der Waals surface area contributed by atoms with E-state index in [1.54, 1.807) is 24.3 Å². The number of carbonyl (C=O) groups excluding carboxylic acids is 2. The van der Waals surface area contributed by atoms with Gasteiger partial charge in [0.05, 0.1) is 31.7 Å². The smallest absolute Gasteiger partial charge is 0.314 e. The quantitative estimate of drug-likeness (QED) is 0.114. The Morgan fingerprint density at radius 3 is 2.10 bits per heavy atom. The van der Waals surface area contributed by atoms with Crippen molar-refractivity contribution in [3.8, 4) is 17.2 Å². The molecular formula is C34H45NO7. The summed E-state index contributed by atoms with van der Waals surface area (Å²) in [6.07, 6.45) is 10.9. The van der Waals surface area contributed by atoms with E-state index >= 15 is 0 Å². The molecule has 42 heavy (non-hydrogen) atoms. The van der Waals surface area contributed by atoms with Crippen LogP contribution >= 0.6 is 0 Å². The second-order valence-electron chi connectivity index (χ2n) is 11.5. The summed E-state index contributed by atoms with van der Waals surface area (Å²) in [7, 11) is 0. The lowest BCUT2D eigenvalue weighted by atomic mass is 9.77. The van der Waals surface area contributed by atoms with E-state index in [1.165, 1.54) is 50.3 Å². The summed E-state index contributed by atoms with van der Waals surface area (Å²) in [5, 5.41) is 16.6. The van der Waals surface area contributed by atoms with Crippen molar-refractivity contribution < 1.29 is 33.6 Å². The minimum atomic E-state index is -0.296. The average molecular weight is 580 g/mol. The number of aliphatic hydroxyl groups excluding tert-OH is 1. The van der Waals surface area contributed by atoms with Gasteiger partial charge in [-0.05, 0) is 105 Å². The van der Waals surface area contributed by atoms with Crippen LogP contribution < -0.4 is 14.2 Å². The average Bonchev–Trinajstić information content (AvgIpc) is 3.02. The van der Waals surface area contributed by atoms with Crippen molar-refractivity contribution in [1.82, 2.24) is 0 Å². The van der Waals surface area contributed by atoms with Gasteiger partial charge in [-0.25, -0.2) is 0 Å². The molecule has 2 fully saturated rings. The minimum absolute atomic E-state index is 0.0213. The molecule has 0 heterocycles. The third-order valence-corrected chi connectivity index (χ3v) is 8.58. The summed E-state index contributed by atoms with van der Waals surface area (Å²) < 4.78 is 22.1. The number of aliphatic hydroxyl groups is 1. The van der Waals surface area contributed by atoms with E-state index < -0.39 is 0 Å². The van der Waals surface area contributed by atoms with Crippen LogP contribution in [0.3, 0.4) is 0 Å². The highest BCUT2D eigenvalue weighted by Gasteiger charge is 2.32. The fourth-order valence-electron chi connectivity index (χ4n) is 6.16. The first kappa shape index (κ1) is 31.7. The van der Waals surface area contributed by atoms with Crippen molar-refractivity contribution in [1.29, 1.82) is 5.41 Å². The zero-order chi connectivity index (χ0) is 29.7. The van der Waals surface area contributed by atoms with Crippen LogP contribution in [0.2, 0.25) is 0 Å². The number of ether oxygens (including phenoxy) is 4. The van der Waals surface area contributed by atoms with Crippen molar-refractivity contribution in [3.05, 3.63) is 53.6 Å². The zero-order valence-corrected chi connectivity index (χ0v) is 24.7. The van der Waals surface area contributed by atoms with Crippen LogP contribution in [0, 0.1) is 23.2 Å². The number of esters is 2. The van der Waals surface area contributed by atoms with Gasteiger partial charge in [-0.3, -0.25) is 9.59 Å². The van der Waals surface area contributed by atoms with Gasteiger partial charge < -0.3 is 29.5 Å².